The molecule has 0 amide bonds. The summed E-state index contributed by atoms with van der Waals surface area (Å²) < 4.78 is 12.4. The number of ketones is 1. The number of esters is 1. The van der Waals surface area contributed by atoms with Gasteiger partial charge in [0.05, 0.1) is 6.61 Å². The fourth-order valence-corrected chi connectivity index (χ4v) is 5.24. The average Bonchev–Trinajstić information content (AvgIpc) is 3.42. The maximum absolute atomic E-state index is 12.9. The second-order valence-corrected chi connectivity index (χ2v) is 8.69. The molecule has 2 unspecified atom stereocenters. The standard InChI is InChI=1S/C21H25N3O4S2/c1-3-12-28-16-5-7-17(8-6-16)29-13-9-19(25)20-24(23-11-10-22-15-23)18(14-30-20)21(26)27-4-2/h3,5-8,10-11,15,18,20H,1,4,9,12-14H2,2H3. The number of carbonyl (C=O) groups excluding carboxylic acids is 2. The fraction of sp³-hybridized carbons (Fsp3) is 0.381. The molecule has 2 atom stereocenters. The number of hydrogen-bond donors (Lipinski definition) is 0. The molecule has 7 nitrogen and oxygen atoms in total. The quantitative estimate of drug-likeness (QED) is 0.296. The number of rotatable bonds is 11. The minimum Gasteiger partial charge on any atom is -0.490 e. The van der Waals surface area contributed by atoms with Gasteiger partial charge in [-0.2, -0.15) is 0 Å². The van der Waals surface area contributed by atoms with Gasteiger partial charge in [0.15, 0.2) is 17.2 Å². The molecule has 9 heteroatoms. The van der Waals surface area contributed by atoms with E-state index < -0.39 is 11.4 Å². The summed E-state index contributed by atoms with van der Waals surface area (Å²) in [4.78, 5) is 30.4. The van der Waals surface area contributed by atoms with Crippen molar-refractivity contribution in [3.05, 3.63) is 55.6 Å². The van der Waals surface area contributed by atoms with Gasteiger partial charge >= 0.3 is 5.97 Å². The van der Waals surface area contributed by atoms with Gasteiger partial charge in [0, 0.05) is 35.2 Å². The van der Waals surface area contributed by atoms with E-state index in [1.807, 2.05) is 24.3 Å². The van der Waals surface area contributed by atoms with Crippen LogP contribution in [-0.4, -0.2) is 57.5 Å². The van der Waals surface area contributed by atoms with Gasteiger partial charge < -0.3 is 9.47 Å². The van der Waals surface area contributed by atoms with Crippen LogP contribution in [0.25, 0.3) is 0 Å². The minimum absolute atomic E-state index is 0.0823. The summed E-state index contributed by atoms with van der Waals surface area (Å²) in [5, 5.41) is 1.33. The van der Waals surface area contributed by atoms with Gasteiger partial charge in [0.25, 0.3) is 0 Å². The topological polar surface area (TPSA) is 73.7 Å². The van der Waals surface area contributed by atoms with Gasteiger partial charge in [-0.05, 0) is 31.2 Å². The molecule has 0 aliphatic carbocycles. The van der Waals surface area contributed by atoms with Crippen molar-refractivity contribution >= 4 is 35.3 Å². The number of Topliss-reactive ketones (excluding diaryl/α,β-unsaturated/α-hetero) is 1. The van der Waals surface area contributed by atoms with Crippen LogP contribution in [0.15, 0.2) is 60.5 Å². The lowest BCUT2D eigenvalue weighted by atomic mass is 10.2. The number of aromatic nitrogens is 2. The summed E-state index contributed by atoms with van der Waals surface area (Å²) in [6, 6.07) is 7.27. The van der Waals surface area contributed by atoms with Crippen molar-refractivity contribution in [1.82, 2.24) is 9.66 Å². The highest BCUT2D eigenvalue weighted by Gasteiger charge is 2.43. The normalized spacial score (nSPS) is 18.2. The lowest BCUT2D eigenvalue weighted by Crippen LogP contribution is -2.51. The van der Waals surface area contributed by atoms with Crippen molar-refractivity contribution < 1.29 is 19.1 Å². The van der Waals surface area contributed by atoms with Gasteiger partial charge in [-0.25, -0.2) is 9.78 Å². The Labute approximate surface area is 184 Å². The average molecular weight is 448 g/mol. The number of carbonyl (C=O) groups is 2. The number of nitrogens with zero attached hydrogens (tertiary/aromatic N) is 3. The van der Waals surface area contributed by atoms with E-state index >= 15 is 0 Å². The zero-order chi connectivity index (χ0) is 21.3. The molecule has 2 aromatic rings. The van der Waals surface area contributed by atoms with E-state index in [-0.39, 0.29) is 11.8 Å². The zero-order valence-corrected chi connectivity index (χ0v) is 18.4. The molecule has 1 fully saturated rings. The monoisotopic (exact) mass is 447 g/mol. The van der Waals surface area contributed by atoms with Crippen molar-refractivity contribution in [1.29, 1.82) is 0 Å². The molecule has 0 bridgehead atoms. The van der Waals surface area contributed by atoms with Crippen molar-refractivity contribution in [2.75, 3.05) is 29.7 Å². The molecular weight excluding hydrogens is 422 g/mol. The molecule has 2 heterocycles. The highest BCUT2D eigenvalue weighted by molar-refractivity contribution is 8.01. The maximum atomic E-state index is 12.9. The summed E-state index contributed by atoms with van der Waals surface area (Å²) in [5.41, 5.74) is 0. The number of benzene rings is 1. The van der Waals surface area contributed by atoms with Crippen LogP contribution in [0, 0.1) is 0 Å². The third-order valence-corrected chi connectivity index (χ3v) is 6.69. The molecule has 0 N–H and O–H groups in total. The lowest BCUT2D eigenvalue weighted by molar-refractivity contribution is -0.144. The van der Waals surface area contributed by atoms with Gasteiger partial charge in [0.2, 0.25) is 0 Å². The van der Waals surface area contributed by atoms with Crippen LogP contribution < -0.4 is 9.75 Å². The third-order valence-electron chi connectivity index (χ3n) is 4.37. The van der Waals surface area contributed by atoms with Crippen LogP contribution >= 0.6 is 23.5 Å². The molecule has 30 heavy (non-hydrogen) atoms. The molecule has 0 spiro atoms. The first-order valence-electron chi connectivity index (χ1n) is 9.68. The Bertz CT molecular complexity index is 842. The van der Waals surface area contributed by atoms with E-state index in [2.05, 4.69) is 11.6 Å². The van der Waals surface area contributed by atoms with Crippen LogP contribution in [-0.2, 0) is 14.3 Å². The molecule has 160 valence electrons. The molecule has 3 rings (SSSR count). The summed E-state index contributed by atoms with van der Waals surface area (Å²) in [7, 11) is 0. The maximum Gasteiger partial charge on any atom is 0.331 e. The van der Waals surface area contributed by atoms with E-state index in [1.165, 1.54) is 11.8 Å². The van der Waals surface area contributed by atoms with Crippen LogP contribution in [0.3, 0.4) is 0 Å². The first kappa shape index (κ1) is 22.3. The number of hydrogen-bond acceptors (Lipinski definition) is 8. The molecule has 1 aliphatic rings. The minimum atomic E-state index is -0.506. The molecule has 1 aromatic heterocycles. The fourth-order valence-electron chi connectivity index (χ4n) is 3.00. The van der Waals surface area contributed by atoms with E-state index in [9.17, 15) is 9.59 Å². The van der Waals surface area contributed by atoms with Crippen LogP contribution in [0.5, 0.6) is 5.75 Å². The molecule has 0 radical (unpaired) electrons. The SMILES string of the molecule is C=CCOc1ccc(SCCC(=O)C2SCC(C(=O)OCC)N2n2ccnc2)cc1. The predicted octanol–water partition coefficient (Wildman–Crippen LogP) is 3.14. The lowest BCUT2D eigenvalue weighted by Gasteiger charge is -2.29. The van der Waals surface area contributed by atoms with E-state index in [4.69, 9.17) is 9.47 Å². The summed E-state index contributed by atoms with van der Waals surface area (Å²) in [5.74, 6) is 1.72. The van der Waals surface area contributed by atoms with Gasteiger partial charge in [-0.3, -0.25) is 14.5 Å². The predicted molar refractivity (Wildman–Crippen MR) is 120 cm³/mol. The molecular formula is C21H25N3O4S2. The van der Waals surface area contributed by atoms with Crippen LogP contribution in [0.4, 0.5) is 0 Å². The second kappa shape index (κ2) is 11.1. The largest absolute Gasteiger partial charge is 0.490 e. The Morgan fingerprint density at radius 3 is 2.83 bits per heavy atom. The van der Waals surface area contributed by atoms with Crippen molar-refractivity contribution in [2.24, 2.45) is 0 Å². The van der Waals surface area contributed by atoms with Crippen molar-refractivity contribution in [3.63, 3.8) is 0 Å². The van der Waals surface area contributed by atoms with Gasteiger partial charge in [0.1, 0.15) is 18.7 Å². The number of thioether (sulfide) groups is 2. The number of imidazole rings is 1. The molecule has 1 aromatic carbocycles. The third kappa shape index (κ3) is 5.60. The first-order chi connectivity index (χ1) is 14.6. The Morgan fingerprint density at radius 2 is 2.17 bits per heavy atom. The number of ether oxygens (including phenoxy) is 2. The summed E-state index contributed by atoms with van der Waals surface area (Å²) >= 11 is 3.09. The van der Waals surface area contributed by atoms with Crippen molar-refractivity contribution in [3.8, 4) is 5.75 Å². The van der Waals surface area contributed by atoms with Gasteiger partial charge in [-0.15, -0.1) is 23.5 Å². The highest BCUT2D eigenvalue weighted by Crippen LogP contribution is 2.31. The Morgan fingerprint density at radius 1 is 1.37 bits per heavy atom. The zero-order valence-electron chi connectivity index (χ0n) is 16.8. The Balaban J connectivity index is 1.57. The van der Waals surface area contributed by atoms with Crippen LogP contribution in [0.1, 0.15) is 13.3 Å². The van der Waals surface area contributed by atoms with E-state index in [0.29, 0.717) is 31.1 Å². The Hall–Kier alpha value is -2.39. The van der Waals surface area contributed by atoms with E-state index in [0.717, 1.165) is 10.6 Å². The van der Waals surface area contributed by atoms with Crippen molar-refractivity contribution in [2.45, 2.75) is 29.7 Å². The molecule has 0 saturated carbocycles. The summed E-state index contributed by atoms with van der Waals surface area (Å²) in [6.07, 6.45) is 7.07. The Kier molecular flexibility index (Phi) is 8.27. The molecule has 1 aliphatic heterocycles. The summed E-state index contributed by atoms with van der Waals surface area (Å²) in [6.45, 7) is 6.19. The van der Waals surface area contributed by atoms with E-state index in [1.54, 1.807) is 53.2 Å². The second-order valence-electron chi connectivity index (χ2n) is 6.41. The van der Waals surface area contributed by atoms with Gasteiger partial charge in [-0.1, -0.05) is 12.7 Å². The first-order valence-corrected chi connectivity index (χ1v) is 11.7. The van der Waals surface area contributed by atoms with Crippen LogP contribution in [0.2, 0.25) is 0 Å². The smallest absolute Gasteiger partial charge is 0.331 e. The molecule has 1 saturated heterocycles. The highest BCUT2D eigenvalue weighted by atomic mass is 32.2.